The van der Waals surface area contributed by atoms with Crippen molar-refractivity contribution in [3.63, 3.8) is 0 Å². The van der Waals surface area contributed by atoms with E-state index < -0.39 is 0 Å². The van der Waals surface area contributed by atoms with Crippen LogP contribution in [-0.4, -0.2) is 186 Å². The second kappa shape index (κ2) is 47.2. The van der Waals surface area contributed by atoms with Crippen LogP contribution in [0.2, 0.25) is 10.0 Å². The van der Waals surface area contributed by atoms with Gasteiger partial charge in [-0.1, -0.05) is 50.9 Å². The molecular weight excluding hydrogens is 1570 g/mol. The van der Waals surface area contributed by atoms with Gasteiger partial charge in [0, 0.05) is 94.2 Å². The smallest absolute Gasteiger partial charge is 0.277 e. The van der Waals surface area contributed by atoms with Gasteiger partial charge in [0.25, 0.3) is 22.2 Å². The van der Waals surface area contributed by atoms with Gasteiger partial charge in [-0.3, -0.25) is 37.4 Å². The Balaban J connectivity index is 0.000000182. The van der Waals surface area contributed by atoms with Gasteiger partial charge in [-0.25, -0.2) is 19.9 Å². The molecule has 28 heteroatoms. The summed E-state index contributed by atoms with van der Waals surface area (Å²) in [7, 11) is 16.4. The van der Waals surface area contributed by atoms with Crippen LogP contribution in [0.15, 0.2) is 67.7 Å². The van der Waals surface area contributed by atoms with Crippen molar-refractivity contribution in [2.24, 2.45) is 0 Å². The molecule has 8 aromatic rings. The summed E-state index contributed by atoms with van der Waals surface area (Å²) in [5, 5.41) is 14.6. The molecule has 0 fully saturated rings. The quantitative estimate of drug-likeness (QED) is 0.0280. The Bertz CT molecular complexity index is 4960. The summed E-state index contributed by atoms with van der Waals surface area (Å²) >= 11 is 13.3. The number of ether oxygens (including phenoxy) is 10. The summed E-state index contributed by atoms with van der Waals surface area (Å²) in [6, 6.07) is 16.4. The predicted molar refractivity (Wildman–Crippen MR) is 481 cm³/mol. The second-order valence-electron chi connectivity index (χ2n) is 30.6. The first-order valence-corrected chi connectivity index (χ1v) is 43.5. The summed E-state index contributed by atoms with van der Waals surface area (Å²) in [5.74, 6) is 4.13. The van der Waals surface area contributed by atoms with Crippen molar-refractivity contribution in [3.05, 3.63) is 167 Å². The Kier molecular flexibility index (Phi) is 37.5. The average molecular weight is 1700 g/mol. The zero-order chi connectivity index (χ0) is 86.7. The molecule has 0 atom stereocenters. The minimum Gasteiger partial charge on any atom is -0.496 e. The second-order valence-corrected chi connectivity index (χ2v) is 31.4. The van der Waals surface area contributed by atoms with Gasteiger partial charge in [0.15, 0.2) is 0 Å². The van der Waals surface area contributed by atoms with Gasteiger partial charge in [-0.15, -0.1) is 0 Å². The number of nitrogens with one attached hydrogen (secondary N) is 4. The minimum absolute atomic E-state index is 0.0821. The number of aromatic nitrogens is 8. The molecule has 26 nitrogen and oxygen atoms in total. The molecular formula is C92H130Cl2N12O14. The number of fused-ring (bicyclic) bond motifs is 4. The molecule has 4 N–H and O–H groups in total. The summed E-state index contributed by atoms with van der Waals surface area (Å²) in [6.07, 6.45) is 18.1. The molecule has 656 valence electrons. The Morgan fingerprint density at radius 2 is 0.500 bits per heavy atom. The number of anilines is 4. The molecule has 0 bridgehead atoms. The third kappa shape index (κ3) is 22.8. The maximum absolute atomic E-state index is 13.5. The zero-order valence-corrected chi connectivity index (χ0v) is 75.7. The highest BCUT2D eigenvalue weighted by atomic mass is 35.5. The van der Waals surface area contributed by atoms with E-state index in [1.165, 1.54) is 70.2 Å². The molecule has 0 unspecified atom stereocenters. The standard InChI is InChI=1S/C24H35N3O4.C23H32ClN3O3.C23H33N3O4.C22H30ClN3O3/c1-6-20-22(25-18(14-29-3)15-30-4)24(28)27(7-2)23(26-20)19-12-16-10-8-9-11-17(16)13-21(19)31-5;1-5-20-21(25-17(13-29-3)14-30-4)23(28)27(6-2)22(26-20)18-11-15-9-7-8-10-16(15)12-19(18)24;1-6-19-21(24-17(13-28-3)14-29-4)23(27)26(7-2)22(25-19)18-11-15-9-8-10-16(15)12-20(18)30-5;1-5-19-20(24-16(12-28-3)13-29-4)22(27)26(6-2)21(25-19)17-10-14-8-7-9-15(14)11-18(17)23/h12-13,18,25H,6-11,14-15H2,1-5H3;11-12,17,25H,5-10,13-14H2,1-4H3;11-12,17,24H,6-10,13-14H2,1-5H3;10-11,16,24H,5-9,12-13H2,1-4H3. The largest absolute Gasteiger partial charge is 0.496 e. The summed E-state index contributed by atoms with van der Waals surface area (Å²) in [5.41, 5.74) is 18.6. The number of methoxy groups -OCH3 is 10. The average Bonchev–Trinajstić information content (AvgIpc) is 1.41. The van der Waals surface area contributed by atoms with Gasteiger partial charge < -0.3 is 68.6 Å². The van der Waals surface area contributed by atoms with Crippen LogP contribution in [0.4, 0.5) is 22.7 Å². The summed E-state index contributed by atoms with van der Waals surface area (Å²) < 4.78 is 60.5. The van der Waals surface area contributed by atoms with Crippen molar-refractivity contribution in [2.45, 2.75) is 221 Å². The third-order valence-corrected chi connectivity index (χ3v) is 23.2. The molecule has 4 aliphatic carbocycles. The lowest BCUT2D eigenvalue weighted by molar-refractivity contribution is 0.126. The molecule has 0 saturated carbocycles. The van der Waals surface area contributed by atoms with E-state index in [0.717, 1.165) is 121 Å². The van der Waals surface area contributed by atoms with E-state index in [1.807, 2.05) is 61.5 Å². The Morgan fingerprint density at radius 3 is 0.708 bits per heavy atom. The van der Waals surface area contributed by atoms with E-state index >= 15 is 0 Å². The van der Waals surface area contributed by atoms with Crippen molar-refractivity contribution in [3.8, 4) is 57.1 Å². The van der Waals surface area contributed by atoms with Gasteiger partial charge in [0.1, 0.15) is 57.5 Å². The van der Waals surface area contributed by atoms with Crippen LogP contribution in [0.25, 0.3) is 45.6 Å². The Labute approximate surface area is 718 Å². The first kappa shape index (κ1) is 95.3. The van der Waals surface area contributed by atoms with Gasteiger partial charge >= 0.3 is 0 Å². The van der Waals surface area contributed by atoms with Gasteiger partial charge in [-0.2, -0.15) is 0 Å². The highest BCUT2D eigenvalue weighted by molar-refractivity contribution is 6.33. The van der Waals surface area contributed by atoms with Crippen molar-refractivity contribution in [1.29, 1.82) is 0 Å². The molecule has 0 radical (unpaired) electrons. The zero-order valence-electron chi connectivity index (χ0n) is 74.2. The molecule has 4 aromatic carbocycles. The first-order chi connectivity index (χ1) is 58.2. The maximum atomic E-state index is 13.5. The number of hydrogen-bond acceptors (Lipinski definition) is 22. The molecule has 120 heavy (non-hydrogen) atoms. The SMILES string of the molecule is CCc1nc(-c2cc3c(cc2Cl)CCC3)n(CC)c(=O)c1NC(COC)COC.CCc1nc(-c2cc3c(cc2Cl)CCCC3)n(CC)c(=O)c1NC(COC)COC.CCc1nc(-c2cc3c(cc2OC)CCC3)n(CC)c(=O)c1NC(COC)COC.CCc1nc(-c2cc3c(cc2OC)CCCC3)n(CC)c(=O)c1NC(COC)COC. The van der Waals surface area contributed by atoms with Crippen molar-refractivity contribution in [2.75, 3.05) is 145 Å². The molecule has 4 heterocycles. The number of halogens is 2. The van der Waals surface area contributed by atoms with Crippen molar-refractivity contribution < 1.29 is 47.4 Å². The third-order valence-electron chi connectivity index (χ3n) is 22.6. The van der Waals surface area contributed by atoms with E-state index in [-0.39, 0.29) is 46.4 Å². The normalized spacial score (nSPS) is 13.3. The number of nitrogens with zero attached hydrogens (tertiary/aromatic N) is 8. The van der Waals surface area contributed by atoms with Gasteiger partial charge in [-0.05, 0) is 236 Å². The topological polar surface area (TPSA) is 280 Å². The fraction of sp³-hybridized carbons (Fsp3) is 0.565. The molecule has 0 amide bonds. The van der Waals surface area contributed by atoms with Crippen LogP contribution in [0.3, 0.4) is 0 Å². The van der Waals surface area contributed by atoms with Gasteiger partial charge in [0.2, 0.25) is 0 Å². The Hall–Kier alpha value is -8.54. The molecule has 0 spiro atoms. The number of hydrogen-bond donors (Lipinski definition) is 4. The summed E-state index contributed by atoms with van der Waals surface area (Å²) in [6.45, 7) is 21.4. The van der Waals surface area contributed by atoms with E-state index in [4.69, 9.17) is 90.5 Å². The fourth-order valence-electron chi connectivity index (χ4n) is 16.7. The lowest BCUT2D eigenvalue weighted by Gasteiger charge is -2.23. The highest BCUT2D eigenvalue weighted by Gasteiger charge is 2.30. The van der Waals surface area contributed by atoms with Crippen LogP contribution in [-0.2, 0) is 141 Å². The fourth-order valence-corrected chi connectivity index (χ4v) is 17.2. The van der Waals surface area contributed by atoms with Crippen LogP contribution in [0.5, 0.6) is 11.5 Å². The number of aryl methyl sites for hydroxylation is 12. The van der Waals surface area contributed by atoms with Crippen LogP contribution < -0.4 is 53.0 Å². The molecule has 4 aliphatic rings. The predicted octanol–water partition coefficient (Wildman–Crippen LogP) is 14.3. The monoisotopic (exact) mass is 1700 g/mol. The van der Waals surface area contributed by atoms with Crippen LogP contribution in [0, 0.1) is 0 Å². The Morgan fingerprint density at radius 1 is 0.300 bits per heavy atom. The molecule has 12 rings (SSSR count). The van der Waals surface area contributed by atoms with E-state index in [1.54, 1.807) is 89.4 Å². The molecule has 0 aliphatic heterocycles. The van der Waals surface area contributed by atoms with E-state index in [2.05, 4.69) is 63.7 Å². The first-order valence-electron chi connectivity index (χ1n) is 42.8. The van der Waals surface area contributed by atoms with Crippen LogP contribution in [0.1, 0.15) is 161 Å². The minimum atomic E-state index is -0.136. The van der Waals surface area contributed by atoms with E-state index in [0.29, 0.717) is 161 Å². The summed E-state index contributed by atoms with van der Waals surface area (Å²) in [4.78, 5) is 73.6. The van der Waals surface area contributed by atoms with Crippen LogP contribution >= 0.6 is 23.2 Å². The maximum Gasteiger partial charge on any atom is 0.277 e. The highest BCUT2D eigenvalue weighted by Crippen LogP contribution is 2.40. The number of benzene rings is 4. The van der Waals surface area contributed by atoms with Crippen molar-refractivity contribution in [1.82, 2.24) is 38.2 Å². The van der Waals surface area contributed by atoms with Crippen molar-refractivity contribution >= 4 is 46.0 Å². The molecule has 4 aromatic heterocycles. The van der Waals surface area contributed by atoms with Gasteiger partial charge in [0.05, 0.1) is 135 Å². The molecule has 0 saturated heterocycles. The lowest BCUT2D eigenvalue weighted by atomic mass is 9.89. The lowest BCUT2D eigenvalue weighted by Crippen LogP contribution is -2.35. The van der Waals surface area contributed by atoms with E-state index in [9.17, 15) is 19.2 Å². The number of rotatable bonds is 38.